The van der Waals surface area contributed by atoms with Gasteiger partial charge in [-0.3, -0.25) is 10.1 Å². The fourth-order valence-electron chi connectivity index (χ4n) is 0.649. The number of nitrogens with zero attached hydrogens (tertiary/aromatic N) is 2. The molecule has 1 rings (SSSR count). The highest BCUT2D eigenvalue weighted by Crippen LogP contribution is 1.99. The van der Waals surface area contributed by atoms with Crippen LogP contribution in [-0.4, -0.2) is 9.91 Å². The number of hydrogen-bond donors (Lipinski definition) is 0. The molecule has 5 heteroatoms. The Labute approximate surface area is 61.8 Å². The van der Waals surface area contributed by atoms with Crippen LogP contribution in [0.5, 0.6) is 0 Å². The first-order chi connectivity index (χ1) is 5.18. The Morgan fingerprint density at radius 2 is 2.36 bits per heavy atom. The van der Waals surface area contributed by atoms with E-state index in [1.165, 1.54) is 6.07 Å². The van der Waals surface area contributed by atoms with Gasteiger partial charge in [0.1, 0.15) is 0 Å². The normalized spacial score (nSPS) is 9.55. The van der Waals surface area contributed by atoms with Crippen LogP contribution in [0, 0.1) is 16.1 Å². The summed E-state index contributed by atoms with van der Waals surface area (Å²) in [6.07, 6.45) is 1.15. The SMILES string of the molecule is O=[N+]([O-])Cc1ccc(F)nc1. The fraction of sp³-hybridized carbons (Fsp3) is 0.167. The number of hydrogen-bond acceptors (Lipinski definition) is 3. The quantitative estimate of drug-likeness (QED) is 0.364. The third-order valence-corrected chi connectivity index (χ3v) is 1.10. The molecule has 0 aliphatic heterocycles. The van der Waals surface area contributed by atoms with Crippen molar-refractivity contribution < 1.29 is 9.31 Å². The van der Waals surface area contributed by atoms with Crippen LogP contribution in [0.15, 0.2) is 18.3 Å². The van der Waals surface area contributed by atoms with Crippen molar-refractivity contribution in [1.82, 2.24) is 4.98 Å². The second-order valence-electron chi connectivity index (χ2n) is 1.98. The molecular weight excluding hydrogens is 151 g/mol. The average molecular weight is 156 g/mol. The summed E-state index contributed by atoms with van der Waals surface area (Å²) >= 11 is 0. The third kappa shape index (κ3) is 2.29. The lowest BCUT2D eigenvalue weighted by atomic mass is 10.3. The Kier molecular flexibility index (Phi) is 2.10. The van der Waals surface area contributed by atoms with Gasteiger partial charge in [-0.05, 0) is 12.1 Å². The molecule has 0 bridgehead atoms. The highest BCUT2D eigenvalue weighted by atomic mass is 19.1. The molecule has 0 saturated carbocycles. The molecule has 0 aliphatic rings. The Morgan fingerprint density at radius 1 is 1.64 bits per heavy atom. The van der Waals surface area contributed by atoms with Crippen molar-refractivity contribution in [3.8, 4) is 0 Å². The van der Waals surface area contributed by atoms with Gasteiger partial charge in [0.05, 0.1) is 0 Å². The van der Waals surface area contributed by atoms with Gasteiger partial charge in [-0.15, -0.1) is 0 Å². The number of halogens is 1. The van der Waals surface area contributed by atoms with Gasteiger partial charge in [0.2, 0.25) is 12.5 Å². The molecule has 1 heterocycles. The van der Waals surface area contributed by atoms with Crippen molar-refractivity contribution in [3.63, 3.8) is 0 Å². The van der Waals surface area contributed by atoms with E-state index in [1.54, 1.807) is 0 Å². The molecule has 1 aromatic heterocycles. The maximum absolute atomic E-state index is 12.1. The molecule has 4 nitrogen and oxygen atoms in total. The van der Waals surface area contributed by atoms with E-state index >= 15 is 0 Å². The van der Waals surface area contributed by atoms with Crippen LogP contribution in [0.1, 0.15) is 5.56 Å². The van der Waals surface area contributed by atoms with Crippen molar-refractivity contribution in [2.75, 3.05) is 0 Å². The van der Waals surface area contributed by atoms with Crippen LogP contribution in [0.4, 0.5) is 4.39 Å². The summed E-state index contributed by atoms with van der Waals surface area (Å²) in [4.78, 5) is 12.7. The molecule has 0 atom stereocenters. The third-order valence-electron chi connectivity index (χ3n) is 1.10. The van der Waals surface area contributed by atoms with Crippen molar-refractivity contribution >= 4 is 0 Å². The zero-order valence-corrected chi connectivity index (χ0v) is 5.53. The van der Waals surface area contributed by atoms with Crippen LogP contribution in [0.2, 0.25) is 0 Å². The second kappa shape index (κ2) is 3.05. The molecule has 11 heavy (non-hydrogen) atoms. The molecule has 0 aliphatic carbocycles. The summed E-state index contributed by atoms with van der Waals surface area (Å²) in [7, 11) is 0. The van der Waals surface area contributed by atoms with Gasteiger partial charge in [-0.2, -0.15) is 4.39 Å². The summed E-state index contributed by atoms with van der Waals surface area (Å²) < 4.78 is 12.1. The maximum atomic E-state index is 12.1. The zero-order valence-electron chi connectivity index (χ0n) is 5.53. The highest BCUT2D eigenvalue weighted by Gasteiger charge is 2.00. The van der Waals surface area contributed by atoms with Crippen molar-refractivity contribution in [2.24, 2.45) is 0 Å². The van der Waals surface area contributed by atoms with Gasteiger partial charge in [0.15, 0.2) is 0 Å². The summed E-state index contributed by atoms with van der Waals surface area (Å²) in [6.45, 7) is -0.312. The van der Waals surface area contributed by atoms with E-state index in [2.05, 4.69) is 4.98 Å². The van der Waals surface area contributed by atoms with Crippen molar-refractivity contribution in [2.45, 2.75) is 6.54 Å². The largest absolute Gasteiger partial charge is 0.264 e. The molecule has 0 unspecified atom stereocenters. The number of nitro groups is 1. The number of rotatable bonds is 2. The molecule has 0 amide bonds. The smallest absolute Gasteiger partial charge is 0.230 e. The first-order valence-electron chi connectivity index (χ1n) is 2.91. The van der Waals surface area contributed by atoms with Crippen molar-refractivity contribution in [1.29, 1.82) is 0 Å². The predicted octanol–water partition coefficient (Wildman–Crippen LogP) is 0.997. The lowest BCUT2D eigenvalue weighted by Crippen LogP contribution is -1.98. The Hall–Kier alpha value is -1.52. The van der Waals surface area contributed by atoms with E-state index in [1.807, 2.05) is 0 Å². The lowest BCUT2D eigenvalue weighted by molar-refractivity contribution is -0.496. The molecule has 0 radical (unpaired) electrons. The predicted molar refractivity (Wildman–Crippen MR) is 34.9 cm³/mol. The summed E-state index contributed by atoms with van der Waals surface area (Å²) in [5.41, 5.74) is 0.399. The van der Waals surface area contributed by atoms with Gasteiger partial charge < -0.3 is 0 Å². The van der Waals surface area contributed by atoms with E-state index < -0.39 is 10.9 Å². The van der Waals surface area contributed by atoms with E-state index in [-0.39, 0.29) is 6.54 Å². The first kappa shape index (κ1) is 7.59. The minimum atomic E-state index is -0.628. The minimum absolute atomic E-state index is 0.312. The van der Waals surface area contributed by atoms with E-state index in [0.717, 1.165) is 12.3 Å². The molecule has 58 valence electrons. The van der Waals surface area contributed by atoms with Gasteiger partial charge in [0, 0.05) is 16.7 Å². The summed E-state index contributed by atoms with van der Waals surface area (Å²) in [5, 5.41) is 9.94. The van der Waals surface area contributed by atoms with Crippen LogP contribution >= 0.6 is 0 Å². The number of pyridine rings is 1. The molecule has 1 aromatic rings. The van der Waals surface area contributed by atoms with Gasteiger partial charge in [0.25, 0.3) is 0 Å². The van der Waals surface area contributed by atoms with E-state index in [4.69, 9.17) is 0 Å². The van der Waals surface area contributed by atoms with Gasteiger partial charge in [-0.1, -0.05) is 0 Å². The topological polar surface area (TPSA) is 56.0 Å². The average Bonchev–Trinajstić information content (AvgIpc) is 1.93. The Bertz CT molecular complexity index is 260. The summed E-state index contributed by atoms with van der Waals surface area (Å²) in [6, 6.07) is 2.43. The minimum Gasteiger partial charge on any atom is -0.264 e. The molecular formula is C6H5FN2O2. The van der Waals surface area contributed by atoms with E-state index in [9.17, 15) is 14.5 Å². The van der Waals surface area contributed by atoms with Gasteiger partial charge in [-0.25, -0.2) is 4.98 Å². The standard InChI is InChI=1S/C6H5FN2O2/c7-6-2-1-5(3-8-6)4-9(10)11/h1-3H,4H2. The van der Waals surface area contributed by atoms with Crippen molar-refractivity contribution in [3.05, 3.63) is 40.0 Å². The first-order valence-corrected chi connectivity index (χ1v) is 2.91. The monoisotopic (exact) mass is 156 g/mol. The Morgan fingerprint density at radius 3 is 2.82 bits per heavy atom. The molecule has 0 spiro atoms. The lowest BCUT2D eigenvalue weighted by Gasteiger charge is -1.92. The molecule has 0 saturated heterocycles. The molecule has 0 N–H and O–H groups in total. The number of aromatic nitrogens is 1. The van der Waals surface area contributed by atoms with Crippen LogP contribution < -0.4 is 0 Å². The summed E-state index contributed by atoms with van der Waals surface area (Å²) in [5.74, 6) is -0.628. The van der Waals surface area contributed by atoms with Crippen LogP contribution in [0.3, 0.4) is 0 Å². The van der Waals surface area contributed by atoms with Crippen LogP contribution in [-0.2, 0) is 6.54 Å². The zero-order chi connectivity index (χ0) is 8.27. The van der Waals surface area contributed by atoms with Crippen LogP contribution in [0.25, 0.3) is 0 Å². The molecule has 0 aromatic carbocycles. The van der Waals surface area contributed by atoms with E-state index in [0.29, 0.717) is 5.56 Å². The maximum Gasteiger partial charge on any atom is 0.230 e. The molecule has 0 fully saturated rings. The second-order valence-corrected chi connectivity index (χ2v) is 1.98. The van der Waals surface area contributed by atoms with Gasteiger partial charge >= 0.3 is 0 Å². The fourth-order valence-corrected chi connectivity index (χ4v) is 0.649. The highest BCUT2D eigenvalue weighted by molar-refractivity contribution is 5.07. The Balaban J connectivity index is 2.74.